The molecule has 0 N–H and O–H groups in total. The Morgan fingerprint density at radius 3 is 2.55 bits per heavy atom. The van der Waals surface area contributed by atoms with Gasteiger partial charge in [0.25, 0.3) is 0 Å². The summed E-state index contributed by atoms with van der Waals surface area (Å²) in [6, 6.07) is 0. The van der Waals surface area contributed by atoms with E-state index in [4.69, 9.17) is 0 Å². The molecule has 62 valence electrons. The molecule has 0 amide bonds. The van der Waals surface area contributed by atoms with Crippen molar-refractivity contribution in [1.29, 1.82) is 0 Å². The van der Waals surface area contributed by atoms with Crippen molar-refractivity contribution < 1.29 is 4.79 Å². The Morgan fingerprint density at radius 1 is 1.36 bits per heavy atom. The van der Waals surface area contributed by atoms with Gasteiger partial charge in [-0.2, -0.15) is 0 Å². The number of fused-ring (bicyclic) bond motifs is 1. The van der Waals surface area contributed by atoms with Crippen LogP contribution >= 0.6 is 0 Å². The van der Waals surface area contributed by atoms with E-state index >= 15 is 0 Å². The molecule has 0 heterocycles. The molecule has 3 atom stereocenters. The molecule has 0 saturated heterocycles. The molecule has 2 aliphatic rings. The average molecular weight is 152 g/mol. The topological polar surface area (TPSA) is 17.1 Å². The van der Waals surface area contributed by atoms with Crippen LogP contribution in [0.4, 0.5) is 0 Å². The monoisotopic (exact) mass is 152 g/mol. The van der Waals surface area contributed by atoms with E-state index in [0.29, 0.717) is 23.5 Å². The molecule has 2 fully saturated rings. The quantitative estimate of drug-likeness (QED) is 0.520. The molecule has 0 bridgehead atoms. The summed E-state index contributed by atoms with van der Waals surface area (Å²) in [4.78, 5) is 11.6. The number of Topliss-reactive ketones (excluding diaryl/α,β-unsaturated/α-hetero) is 1. The fourth-order valence-corrected chi connectivity index (χ4v) is 2.97. The third-order valence-corrected chi connectivity index (χ3v) is 3.84. The summed E-state index contributed by atoms with van der Waals surface area (Å²) in [7, 11) is 0. The second-order valence-electron chi connectivity index (χ2n) is 4.77. The van der Waals surface area contributed by atoms with Gasteiger partial charge in [0.05, 0.1) is 0 Å². The Balaban J connectivity index is 2.24. The summed E-state index contributed by atoms with van der Waals surface area (Å²) in [5, 5.41) is 0. The number of rotatable bonds is 0. The van der Waals surface area contributed by atoms with Gasteiger partial charge in [-0.05, 0) is 24.7 Å². The lowest BCUT2D eigenvalue weighted by atomic mass is 9.54. The van der Waals surface area contributed by atoms with E-state index < -0.39 is 0 Å². The maximum atomic E-state index is 11.6. The summed E-state index contributed by atoms with van der Waals surface area (Å²) in [5.41, 5.74) is 0.0232. The molecular weight excluding hydrogens is 136 g/mol. The first-order valence-electron chi connectivity index (χ1n) is 4.59. The van der Waals surface area contributed by atoms with Crippen molar-refractivity contribution in [2.45, 2.75) is 33.6 Å². The van der Waals surface area contributed by atoms with Crippen LogP contribution in [0.2, 0.25) is 0 Å². The van der Waals surface area contributed by atoms with Gasteiger partial charge in [0, 0.05) is 11.3 Å². The average Bonchev–Trinajstić information content (AvgIpc) is 2.29. The number of carbonyl (C=O) groups excluding carboxylic acids is 1. The van der Waals surface area contributed by atoms with E-state index in [1.54, 1.807) is 0 Å². The second kappa shape index (κ2) is 1.88. The summed E-state index contributed by atoms with van der Waals surface area (Å²) in [6.45, 7) is 6.43. The molecule has 2 aliphatic carbocycles. The van der Waals surface area contributed by atoms with Crippen LogP contribution in [0.15, 0.2) is 0 Å². The van der Waals surface area contributed by atoms with Gasteiger partial charge in [0.15, 0.2) is 0 Å². The first-order valence-corrected chi connectivity index (χ1v) is 4.59. The zero-order valence-electron chi connectivity index (χ0n) is 7.55. The lowest BCUT2D eigenvalue weighted by Crippen LogP contribution is -2.53. The SMILES string of the molecule is C[C@@H]1CC[C@H]2[C@@H]1C(=O)C2(C)C. The molecule has 0 spiro atoms. The van der Waals surface area contributed by atoms with E-state index in [1.807, 2.05) is 0 Å². The van der Waals surface area contributed by atoms with Crippen molar-refractivity contribution in [2.75, 3.05) is 0 Å². The molecule has 0 aromatic carbocycles. The highest BCUT2D eigenvalue weighted by Crippen LogP contribution is 2.57. The van der Waals surface area contributed by atoms with Crippen molar-refractivity contribution in [1.82, 2.24) is 0 Å². The van der Waals surface area contributed by atoms with E-state index in [0.717, 1.165) is 0 Å². The van der Waals surface area contributed by atoms with Crippen molar-refractivity contribution in [2.24, 2.45) is 23.2 Å². The molecule has 11 heavy (non-hydrogen) atoms. The van der Waals surface area contributed by atoms with Crippen molar-refractivity contribution in [3.05, 3.63) is 0 Å². The largest absolute Gasteiger partial charge is 0.299 e. The third-order valence-electron chi connectivity index (χ3n) is 3.84. The van der Waals surface area contributed by atoms with E-state index in [9.17, 15) is 4.79 Å². The van der Waals surface area contributed by atoms with E-state index in [1.165, 1.54) is 12.8 Å². The first-order chi connectivity index (χ1) is 5.05. The molecule has 1 heteroatoms. The summed E-state index contributed by atoms with van der Waals surface area (Å²) in [6.07, 6.45) is 2.55. The smallest absolute Gasteiger partial charge is 0.142 e. The van der Waals surface area contributed by atoms with Gasteiger partial charge in [-0.15, -0.1) is 0 Å². The highest BCUT2D eigenvalue weighted by molar-refractivity contribution is 5.93. The molecule has 2 saturated carbocycles. The number of ketones is 1. The standard InChI is InChI=1S/C10H16O/c1-6-4-5-7-8(6)9(11)10(7,2)3/h6-8H,4-5H2,1-3H3/t6-,7+,8-/m1/s1. The molecule has 0 aromatic heterocycles. The van der Waals surface area contributed by atoms with Crippen LogP contribution < -0.4 is 0 Å². The number of carbonyl (C=O) groups is 1. The predicted molar refractivity (Wildman–Crippen MR) is 44.2 cm³/mol. The molecule has 2 rings (SSSR count). The molecule has 0 unspecified atom stereocenters. The number of hydrogen-bond acceptors (Lipinski definition) is 1. The Bertz CT molecular complexity index is 205. The van der Waals surface area contributed by atoms with Gasteiger partial charge in [-0.25, -0.2) is 0 Å². The summed E-state index contributed by atoms with van der Waals surface area (Å²) in [5.74, 6) is 2.34. The third kappa shape index (κ3) is 0.692. The maximum absolute atomic E-state index is 11.6. The molecular formula is C10H16O. The Hall–Kier alpha value is -0.330. The molecule has 1 nitrogen and oxygen atoms in total. The van der Waals surface area contributed by atoms with Crippen LogP contribution in [0.25, 0.3) is 0 Å². The minimum absolute atomic E-state index is 0.0232. The van der Waals surface area contributed by atoms with Crippen LogP contribution in [-0.4, -0.2) is 5.78 Å². The predicted octanol–water partition coefficient (Wildman–Crippen LogP) is 2.26. The highest BCUT2D eigenvalue weighted by atomic mass is 16.1. The summed E-state index contributed by atoms with van der Waals surface area (Å²) >= 11 is 0. The zero-order chi connectivity index (χ0) is 8.22. The van der Waals surface area contributed by atoms with Gasteiger partial charge in [0.2, 0.25) is 0 Å². The van der Waals surface area contributed by atoms with E-state index in [-0.39, 0.29) is 5.41 Å². The van der Waals surface area contributed by atoms with Crippen LogP contribution in [-0.2, 0) is 4.79 Å². The number of hydrogen-bond donors (Lipinski definition) is 0. The Labute approximate surface area is 68.2 Å². The van der Waals surface area contributed by atoms with Crippen LogP contribution in [0, 0.1) is 23.2 Å². The second-order valence-corrected chi connectivity index (χ2v) is 4.77. The van der Waals surface area contributed by atoms with Gasteiger partial charge in [-0.3, -0.25) is 4.79 Å². The summed E-state index contributed by atoms with van der Waals surface area (Å²) < 4.78 is 0. The fourth-order valence-electron chi connectivity index (χ4n) is 2.97. The minimum Gasteiger partial charge on any atom is -0.299 e. The van der Waals surface area contributed by atoms with Crippen LogP contribution in [0.1, 0.15) is 33.6 Å². The molecule has 0 radical (unpaired) electrons. The first kappa shape index (κ1) is 7.33. The molecule has 0 aromatic rings. The minimum atomic E-state index is 0.0232. The lowest BCUT2D eigenvalue weighted by Gasteiger charge is -2.47. The Kier molecular flexibility index (Phi) is 1.25. The van der Waals surface area contributed by atoms with Gasteiger partial charge < -0.3 is 0 Å². The lowest BCUT2D eigenvalue weighted by molar-refractivity contribution is -0.152. The van der Waals surface area contributed by atoms with Crippen molar-refractivity contribution in [3.63, 3.8) is 0 Å². The van der Waals surface area contributed by atoms with Crippen molar-refractivity contribution >= 4 is 5.78 Å². The molecule has 0 aliphatic heterocycles. The zero-order valence-corrected chi connectivity index (χ0v) is 7.55. The fraction of sp³-hybridized carbons (Fsp3) is 0.900. The van der Waals surface area contributed by atoms with Crippen molar-refractivity contribution in [3.8, 4) is 0 Å². The van der Waals surface area contributed by atoms with Gasteiger partial charge in [0.1, 0.15) is 5.78 Å². The highest BCUT2D eigenvalue weighted by Gasteiger charge is 2.59. The maximum Gasteiger partial charge on any atom is 0.142 e. The van der Waals surface area contributed by atoms with Crippen LogP contribution in [0.5, 0.6) is 0 Å². The Morgan fingerprint density at radius 2 is 2.00 bits per heavy atom. The van der Waals surface area contributed by atoms with E-state index in [2.05, 4.69) is 20.8 Å². The van der Waals surface area contributed by atoms with Crippen LogP contribution in [0.3, 0.4) is 0 Å². The van der Waals surface area contributed by atoms with Gasteiger partial charge >= 0.3 is 0 Å². The van der Waals surface area contributed by atoms with Gasteiger partial charge in [-0.1, -0.05) is 20.8 Å². The normalized spacial score (nSPS) is 46.8.